The molecule has 1 aliphatic heterocycles. The van der Waals surface area contributed by atoms with Gasteiger partial charge in [0, 0.05) is 39.6 Å². The summed E-state index contributed by atoms with van der Waals surface area (Å²) < 4.78 is 5.30. The smallest absolute Gasteiger partial charge is 0.222 e. The number of aliphatic hydroxyl groups is 1. The standard InChI is InChI=1S/C17H32N2O3/c1-18(13-16(20)14-19-9-11-22-12-10-19)17(21)8-7-15-5-3-2-4-6-15/h15-16,20H,2-14H2,1H3. The molecule has 5 heteroatoms. The third-order valence-electron chi connectivity index (χ3n) is 4.97. The van der Waals surface area contributed by atoms with Gasteiger partial charge in [-0.25, -0.2) is 0 Å². The molecular formula is C17H32N2O3. The van der Waals surface area contributed by atoms with E-state index < -0.39 is 6.10 Å². The number of ether oxygens (including phenoxy) is 1. The van der Waals surface area contributed by atoms with Gasteiger partial charge < -0.3 is 14.7 Å². The predicted molar refractivity (Wildman–Crippen MR) is 86.7 cm³/mol. The Morgan fingerprint density at radius 3 is 2.64 bits per heavy atom. The number of β-amino-alcohol motifs (C(OH)–C–C–N with tert-alkyl or cyclic N) is 1. The van der Waals surface area contributed by atoms with Crippen LogP contribution in [0.2, 0.25) is 0 Å². The van der Waals surface area contributed by atoms with E-state index >= 15 is 0 Å². The van der Waals surface area contributed by atoms with Crippen LogP contribution in [-0.4, -0.2) is 73.4 Å². The van der Waals surface area contributed by atoms with E-state index in [1.165, 1.54) is 32.1 Å². The Hall–Kier alpha value is -0.650. The molecule has 0 aromatic heterocycles. The second kappa shape index (κ2) is 9.48. The van der Waals surface area contributed by atoms with Crippen molar-refractivity contribution in [3.63, 3.8) is 0 Å². The summed E-state index contributed by atoms with van der Waals surface area (Å²) in [5.74, 6) is 0.913. The molecule has 0 aromatic carbocycles. The first kappa shape index (κ1) is 17.7. The molecule has 1 amide bonds. The van der Waals surface area contributed by atoms with Crippen molar-refractivity contribution in [1.82, 2.24) is 9.80 Å². The lowest BCUT2D eigenvalue weighted by molar-refractivity contribution is -0.131. The maximum atomic E-state index is 12.2. The predicted octanol–water partition coefficient (Wildman–Crippen LogP) is 1.50. The van der Waals surface area contributed by atoms with Crippen LogP contribution in [0.15, 0.2) is 0 Å². The van der Waals surface area contributed by atoms with Crippen molar-refractivity contribution in [1.29, 1.82) is 0 Å². The van der Waals surface area contributed by atoms with E-state index in [1.54, 1.807) is 4.90 Å². The Morgan fingerprint density at radius 1 is 1.27 bits per heavy atom. The Bertz CT molecular complexity index is 326. The normalized spacial score (nSPS) is 22.5. The number of carbonyl (C=O) groups excluding carboxylic acids is 1. The van der Waals surface area contributed by atoms with Crippen molar-refractivity contribution in [3.05, 3.63) is 0 Å². The van der Waals surface area contributed by atoms with Gasteiger partial charge in [-0.3, -0.25) is 9.69 Å². The molecule has 1 atom stereocenters. The molecular weight excluding hydrogens is 280 g/mol. The van der Waals surface area contributed by atoms with Gasteiger partial charge in [-0.1, -0.05) is 32.1 Å². The van der Waals surface area contributed by atoms with Crippen LogP contribution < -0.4 is 0 Å². The molecule has 2 aliphatic rings. The molecule has 2 rings (SSSR count). The van der Waals surface area contributed by atoms with Gasteiger partial charge in [-0.2, -0.15) is 0 Å². The van der Waals surface area contributed by atoms with Crippen LogP contribution in [-0.2, 0) is 9.53 Å². The number of carbonyl (C=O) groups is 1. The van der Waals surface area contributed by atoms with E-state index in [9.17, 15) is 9.90 Å². The lowest BCUT2D eigenvalue weighted by Gasteiger charge is -2.30. The molecule has 1 N–H and O–H groups in total. The van der Waals surface area contributed by atoms with Gasteiger partial charge >= 0.3 is 0 Å². The van der Waals surface area contributed by atoms with Crippen LogP contribution in [0.1, 0.15) is 44.9 Å². The fourth-order valence-corrected chi connectivity index (χ4v) is 3.55. The summed E-state index contributed by atoms with van der Waals surface area (Å²) >= 11 is 0. The summed E-state index contributed by atoms with van der Waals surface area (Å²) in [5.41, 5.74) is 0. The first-order valence-corrected chi connectivity index (χ1v) is 8.87. The number of likely N-dealkylation sites (N-methyl/N-ethyl adjacent to an activating group) is 1. The number of rotatable bonds is 7. The van der Waals surface area contributed by atoms with Crippen LogP contribution in [0, 0.1) is 5.92 Å². The van der Waals surface area contributed by atoms with E-state index in [0.29, 0.717) is 19.5 Å². The molecule has 1 aliphatic carbocycles. The molecule has 0 bridgehead atoms. The van der Waals surface area contributed by atoms with Crippen LogP contribution in [0.3, 0.4) is 0 Å². The van der Waals surface area contributed by atoms with Crippen LogP contribution in [0.5, 0.6) is 0 Å². The number of hydrogen-bond donors (Lipinski definition) is 1. The van der Waals surface area contributed by atoms with Gasteiger partial charge in [0.15, 0.2) is 0 Å². The van der Waals surface area contributed by atoms with E-state index in [1.807, 2.05) is 7.05 Å². The van der Waals surface area contributed by atoms with Crippen molar-refractivity contribution in [2.45, 2.75) is 51.0 Å². The summed E-state index contributed by atoms with van der Waals surface area (Å²) in [6, 6.07) is 0. The first-order chi connectivity index (χ1) is 10.6. The minimum atomic E-state index is -0.471. The highest BCUT2D eigenvalue weighted by Crippen LogP contribution is 2.27. The molecule has 0 aromatic rings. The zero-order valence-corrected chi connectivity index (χ0v) is 14.0. The Kier molecular flexibility index (Phi) is 7.63. The fraction of sp³-hybridized carbons (Fsp3) is 0.941. The summed E-state index contributed by atoms with van der Waals surface area (Å²) in [4.78, 5) is 16.1. The molecule has 1 heterocycles. The fourth-order valence-electron chi connectivity index (χ4n) is 3.55. The lowest BCUT2D eigenvalue weighted by atomic mass is 9.86. The van der Waals surface area contributed by atoms with E-state index in [2.05, 4.69) is 4.90 Å². The topological polar surface area (TPSA) is 53.0 Å². The molecule has 22 heavy (non-hydrogen) atoms. The Labute approximate surface area is 134 Å². The van der Waals surface area contributed by atoms with Gasteiger partial charge in [-0.15, -0.1) is 0 Å². The third kappa shape index (κ3) is 6.23. The van der Waals surface area contributed by atoms with E-state index in [-0.39, 0.29) is 5.91 Å². The van der Waals surface area contributed by atoms with Crippen molar-refractivity contribution >= 4 is 5.91 Å². The van der Waals surface area contributed by atoms with Crippen LogP contribution in [0.25, 0.3) is 0 Å². The molecule has 0 spiro atoms. The minimum Gasteiger partial charge on any atom is -0.390 e. The number of nitrogens with zero attached hydrogens (tertiary/aromatic N) is 2. The second-order valence-electron chi connectivity index (χ2n) is 6.88. The molecule has 128 valence electrons. The summed E-state index contributed by atoms with van der Waals surface area (Å²) in [7, 11) is 1.81. The maximum absolute atomic E-state index is 12.2. The Balaban J connectivity index is 1.61. The molecule has 0 radical (unpaired) electrons. The molecule has 1 saturated heterocycles. The maximum Gasteiger partial charge on any atom is 0.222 e. The molecule has 5 nitrogen and oxygen atoms in total. The van der Waals surface area contributed by atoms with Crippen molar-refractivity contribution in [2.75, 3.05) is 46.4 Å². The molecule has 1 unspecified atom stereocenters. The van der Waals surface area contributed by atoms with Gasteiger partial charge in [0.2, 0.25) is 5.91 Å². The second-order valence-corrected chi connectivity index (χ2v) is 6.88. The number of amides is 1. The average Bonchev–Trinajstić information content (AvgIpc) is 2.54. The van der Waals surface area contributed by atoms with Gasteiger partial charge in [0.05, 0.1) is 19.3 Å². The number of morpholine rings is 1. The summed E-state index contributed by atoms with van der Waals surface area (Å²) in [6.07, 6.45) is 7.76. The average molecular weight is 312 g/mol. The van der Waals surface area contributed by atoms with Crippen LogP contribution >= 0.6 is 0 Å². The van der Waals surface area contributed by atoms with Gasteiger partial charge in [0.1, 0.15) is 0 Å². The van der Waals surface area contributed by atoms with Crippen molar-refractivity contribution in [3.8, 4) is 0 Å². The number of hydrogen-bond acceptors (Lipinski definition) is 4. The zero-order valence-electron chi connectivity index (χ0n) is 14.0. The third-order valence-corrected chi connectivity index (χ3v) is 4.97. The number of aliphatic hydroxyl groups excluding tert-OH is 1. The highest BCUT2D eigenvalue weighted by atomic mass is 16.5. The van der Waals surface area contributed by atoms with Crippen molar-refractivity contribution < 1.29 is 14.6 Å². The van der Waals surface area contributed by atoms with E-state index in [4.69, 9.17) is 4.74 Å². The zero-order chi connectivity index (χ0) is 15.8. The van der Waals surface area contributed by atoms with E-state index in [0.717, 1.165) is 38.6 Å². The lowest BCUT2D eigenvalue weighted by Crippen LogP contribution is -2.45. The van der Waals surface area contributed by atoms with Crippen molar-refractivity contribution in [2.24, 2.45) is 5.92 Å². The first-order valence-electron chi connectivity index (χ1n) is 8.87. The summed E-state index contributed by atoms with van der Waals surface area (Å²) in [5, 5.41) is 10.2. The molecule has 1 saturated carbocycles. The molecule has 2 fully saturated rings. The van der Waals surface area contributed by atoms with Gasteiger partial charge in [-0.05, 0) is 12.3 Å². The van der Waals surface area contributed by atoms with Crippen LogP contribution in [0.4, 0.5) is 0 Å². The SMILES string of the molecule is CN(CC(O)CN1CCOCC1)C(=O)CCC1CCCCC1. The van der Waals surface area contributed by atoms with Gasteiger partial charge in [0.25, 0.3) is 0 Å². The minimum absolute atomic E-state index is 0.173. The quantitative estimate of drug-likeness (QED) is 0.774. The summed E-state index contributed by atoms with van der Waals surface area (Å²) in [6.45, 7) is 4.28. The monoisotopic (exact) mass is 312 g/mol. The highest BCUT2D eigenvalue weighted by molar-refractivity contribution is 5.75. The highest BCUT2D eigenvalue weighted by Gasteiger charge is 2.20. The Morgan fingerprint density at radius 2 is 1.95 bits per heavy atom. The largest absolute Gasteiger partial charge is 0.390 e.